The lowest BCUT2D eigenvalue weighted by Crippen LogP contribution is -2.41. The number of aromatic amines is 1. The largest absolute Gasteiger partial charge is 0.484 e. The summed E-state index contributed by atoms with van der Waals surface area (Å²) >= 11 is 0. The van der Waals surface area contributed by atoms with E-state index in [1.807, 2.05) is 12.1 Å². The highest BCUT2D eigenvalue weighted by atomic mass is 16.5. The maximum Gasteiger partial charge on any atom is 0.258 e. The average molecular weight is 362 g/mol. The maximum atomic E-state index is 12.3. The third-order valence-corrected chi connectivity index (χ3v) is 5.29. The molecule has 1 aromatic heterocycles. The van der Waals surface area contributed by atoms with Gasteiger partial charge in [-0.2, -0.15) is 0 Å². The first-order valence-corrected chi connectivity index (χ1v) is 9.82. The van der Waals surface area contributed by atoms with E-state index in [2.05, 4.69) is 53.6 Å². The SMILES string of the molecule is CCCc1ccc(OCC(=O)NC2CCc3c([nH]c4ccccc34)C2)cc1. The summed E-state index contributed by atoms with van der Waals surface area (Å²) in [6.07, 6.45) is 5.00. The van der Waals surface area contributed by atoms with Crippen LogP contribution in [0.2, 0.25) is 0 Å². The summed E-state index contributed by atoms with van der Waals surface area (Å²) < 4.78 is 5.64. The summed E-state index contributed by atoms with van der Waals surface area (Å²) in [5.41, 5.74) is 5.13. The number of H-pyrrole nitrogens is 1. The van der Waals surface area contributed by atoms with Gasteiger partial charge in [-0.1, -0.05) is 43.7 Å². The van der Waals surface area contributed by atoms with Crippen LogP contribution < -0.4 is 10.1 Å². The fourth-order valence-electron chi connectivity index (χ4n) is 3.97. The average Bonchev–Trinajstić information content (AvgIpc) is 3.05. The van der Waals surface area contributed by atoms with Gasteiger partial charge in [0.25, 0.3) is 5.91 Å². The molecule has 0 saturated heterocycles. The molecule has 1 heterocycles. The normalized spacial score (nSPS) is 16.1. The van der Waals surface area contributed by atoms with E-state index in [-0.39, 0.29) is 18.6 Å². The number of aryl methyl sites for hydroxylation is 2. The summed E-state index contributed by atoms with van der Waals surface area (Å²) in [7, 11) is 0. The van der Waals surface area contributed by atoms with Crippen LogP contribution in [-0.4, -0.2) is 23.5 Å². The van der Waals surface area contributed by atoms with Crippen molar-refractivity contribution in [2.75, 3.05) is 6.61 Å². The second-order valence-electron chi connectivity index (χ2n) is 7.32. The van der Waals surface area contributed by atoms with Crippen LogP contribution in [-0.2, 0) is 24.1 Å². The Labute approximate surface area is 159 Å². The molecule has 0 aliphatic heterocycles. The van der Waals surface area contributed by atoms with E-state index < -0.39 is 0 Å². The summed E-state index contributed by atoms with van der Waals surface area (Å²) in [5, 5.41) is 4.43. The van der Waals surface area contributed by atoms with Gasteiger partial charge in [-0.3, -0.25) is 4.79 Å². The molecule has 0 saturated carbocycles. The predicted molar refractivity (Wildman–Crippen MR) is 108 cm³/mol. The van der Waals surface area contributed by atoms with E-state index in [4.69, 9.17) is 4.74 Å². The van der Waals surface area contributed by atoms with Gasteiger partial charge in [0.05, 0.1) is 0 Å². The van der Waals surface area contributed by atoms with Gasteiger partial charge < -0.3 is 15.0 Å². The smallest absolute Gasteiger partial charge is 0.258 e. The fourth-order valence-corrected chi connectivity index (χ4v) is 3.97. The molecule has 1 atom stereocenters. The highest BCUT2D eigenvalue weighted by Crippen LogP contribution is 2.29. The molecule has 1 amide bonds. The van der Waals surface area contributed by atoms with E-state index in [0.29, 0.717) is 0 Å². The van der Waals surface area contributed by atoms with Crippen LogP contribution >= 0.6 is 0 Å². The Morgan fingerprint density at radius 1 is 1.19 bits per heavy atom. The zero-order valence-electron chi connectivity index (χ0n) is 15.8. The number of amides is 1. The molecule has 2 N–H and O–H groups in total. The molecule has 1 aliphatic rings. The number of aromatic nitrogens is 1. The number of hydrogen-bond acceptors (Lipinski definition) is 2. The Bertz CT molecular complexity index is 927. The lowest BCUT2D eigenvalue weighted by Gasteiger charge is -2.23. The molecule has 1 unspecified atom stereocenters. The van der Waals surface area contributed by atoms with Crippen molar-refractivity contribution < 1.29 is 9.53 Å². The van der Waals surface area contributed by atoms with Crippen molar-refractivity contribution in [3.8, 4) is 5.75 Å². The lowest BCUT2D eigenvalue weighted by molar-refractivity contribution is -0.123. The first kappa shape index (κ1) is 17.7. The van der Waals surface area contributed by atoms with Gasteiger partial charge in [0.1, 0.15) is 5.75 Å². The molecule has 0 spiro atoms. The Balaban J connectivity index is 1.31. The van der Waals surface area contributed by atoms with E-state index in [1.165, 1.54) is 27.7 Å². The molecule has 27 heavy (non-hydrogen) atoms. The van der Waals surface area contributed by atoms with E-state index >= 15 is 0 Å². The topological polar surface area (TPSA) is 54.1 Å². The zero-order chi connectivity index (χ0) is 18.6. The van der Waals surface area contributed by atoms with Crippen LogP contribution in [0.3, 0.4) is 0 Å². The molecule has 140 valence electrons. The molecule has 4 rings (SSSR count). The minimum atomic E-state index is -0.0582. The van der Waals surface area contributed by atoms with Gasteiger partial charge >= 0.3 is 0 Å². The van der Waals surface area contributed by atoms with Crippen molar-refractivity contribution in [2.45, 2.75) is 45.1 Å². The van der Waals surface area contributed by atoms with Crippen molar-refractivity contribution in [1.29, 1.82) is 0 Å². The molecule has 1 aliphatic carbocycles. The van der Waals surface area contributed by atoms with Gasteiger partial charge in [0, 0.05) is 29.1 Å². The van der Waals surface area contributed by atoms with Crippen molar-refractivity contribution in [1.82, 2.24) is 10.3 Å². The maximum absolute atomic E-state index is 12.3. The molecular formula is C23H26N2O2. The minimum Gasteiger partial charge on any atom is -0.484 e. The van der Waals surface area contributed by atoms with Gasteiger partial charge in [-0.25, -0.2) is 0 Å². The molecule has 4 heteroatoms. The second kappa shape index (κ2) is 7.87. The first-order valence-electron chi connectivity index (χ1n) is 9.82. The van der Waals surface area contributed by atoms with Crippen molar-refractivity contribution in [3.05, 3.63) is 65.4 Å². The zero-order valence-corrected chi connectivity index (χ0v) is 15.8. The fraction of sp³-hybridized carbons (Fsp3) is 0.348. The van der Waals surface area contributed by atoms with Crippen LogP contribution in [0.15, 0.2) is 48.5 Å². The van der Waals surface area contributed by atoms with Gasteiger partial charge in [0.2, 0.25) is 0 Å². The van der Waals surface area contributed by atoms with E-state index in [0.717, 1.165) is 37.9 Å². The minimum absolute atomic E-state index is 0.0582. The Morgan fingerprint density at radius 2 is 2.00 bits per heavy atom. The molecule has 3 aromatic rings. The molecule has 0 fully saturated rings. The molecule has 4 nitrogen and oxygen atoms in total. The number of carbonyl (C=O) groups is 1. The van der Waals surface area contributed by atoms with Crippen molar-refractivity contribution >= 4 is 16.8 Å². The van der Waals surface area contributed by atoms with Gasteiger partial charge in [0.15, 0.2) is 6.61 Å². The number of nitrogens with one attached hydrogen (secondary N) is 2. The highest BCUT2D eigenvalue weighted by molar-refractivity contribution is 5.85. The summed E-state index contributed by atoms with van der Waals surface area (Å²) in [6, 6.07) is 16.6. The highest BCUT2D eigenvalue weighted by Gasteiger charge is 2.23. The van der Waals surface area contributed by atoms with Crippen LogP contribution in [0.4, 0.5) is 0 Å². The van der Waals surface area contributed by atoms with Crippen molar-refractivity contribution in [2.24, 2.45) is 0 Å². The molecule has 0 radical (unpaired) electrons. The van der Waals surface area contributed by atoms with Crippen LogP contribution in [0.1, 0.15) is 36.6 Å². The molecule has 0 bridgehead atoms. The number of para-hydroxylation sites is 1. The standard InChI is InChI=1S/C23H26N2O2/c1-2-5-16-8-11-18(12-9-16)27-15-23(26)24-17-10-13-20-19-6-3-4-7-21(19)25-22(20)14-17/h3-4,6-9,11-12,17,25H,2,5,10,13-15H2,1H3,(H,24,26). The van der Waals surface area contributed by atoms with Crippen LogP contribution in [0.25, 0.3) is 10.9 Å². The lowest BCUT2D eigenvalue weighted by atomic mass is 9.92. The number of ether oxygens (including phenoxy) is 1. The van der Waals surface area contributed by atoms with Crippen LogP contribution in [0, 0.1) is 0 Å². The predicted octanol–water partition coefficient (Wildman–Crippen LogP) is 4.17. The number of hydrogen-bond donors (Lipinski definition) is 2. The van der Waals surface area contributed by atoms with Crippen LogP contribution in [0.5, 0.6) is 5.75 Å². The number of carbonyl (C=O) groups excluding carboxylic acids is 1. The van der Waals surface area contributed by atoms with Crippen molar-refractivity contribution in [3.63, 3.8) is 0 Å². The Morgan fingerprint density at radius 3 is 2.81 bits per heavy atom. The number of rotatable bonds is 6. The Kier molecular flexibility index (Phi) is 5.14. The number of fused-ring (bicyclic) bond motifs is 3. The third kappa shape index (κ3) is 4.00. The monoisotopic (exact) mass is 362 g/mol. The molecule has 2 aromatic carbocycles. The quantitative estimate of drug-likeness (QED) is 0.691. The van der Waals surface area contributed by atoms with E-state index in [1.54, 1.807) is 0 Å². The summed E-state index contributed by atoms with van der Waals surface area (Å²) in [6.45, 7) is 2.22. The Hall–Kier alpha value is -2.75. The van der Waals surface area contributed by atoms with Gasteiger partial charge in [-0.15, -0.1) is 0 Å². The third-order valence-electron chi connectivity index (χ3n) is 5.29. The van der Waals surface area contributed by atoms with E-state index in [9.17, 15) is 4.79 Å². The van der Waals surface area contributed by atoms with Gasteiger partial charge in [-0.05, 0) is 48.6 Å². The summed E-state index contributed by atoms with van der Waals surface area (Å²) in [5.74, 6) is 0.684. The first-order chi connectivity index (χ1) is 13.2. The number of benzene rings is 2. The molecular weight excluding hydrogens is 336 g/mol. The second-order valence-corrected chi connectivity index (χ2v) is 7.32. The summed E-state index contributed by atoms with van der Waals surface area (Å²) in [4.78, 5) is 15.8.